The summed E-state index contributed by atoms with van der Waals surface area (Å²) in [6.45, 7) is 0. The van der Waals surface area contributed by atoms with E-state index in [9.17, 15) is 5.11 Å². The number of anilines is 1. The van der Waals surface area contributed by atoms with Crippen molar-refractivity contribution in [3.05, 3.63) is 22.9 Å². The van der Waals surface area contributed by atoms with Gasteiger partial charge >= 0.3 is 0 Å². The number of nitrogen functional groups attached to an aromatic ring is 1. The molecule has 1 fully saturated rings. The first-order chi connectivity index (χ1) is 10.1. The van der Waals surface area contributed by atoms with Gasteiger partial charge in [-0.2, -0.15) is 0 Å². The molecule has 1 saturated carbocycles. The Bertz CT molecular complexity index is 557. The summed E-state index contributed by atoms with van der Waals surface area (Å²) in [5, 5.41) is 18.1. The molecule has 1 aromatic rings. The first-order valence-electron chi connectivity index (χ1n) is 7.86. The highest BCUT2D eigenvalue weighted by molar-refractivity contribution is 6.00. The Morgan fingerprint density at radius 2 is 2.10 bits per heavy atom. The summed E-state index contributed by atoms with van der Waals surface area (Å²) in [7, 11) is 1.97. The number of pyridine rings is 1. The number of aliphatic hydroxyl groups is 1. The van der Waals surface area contributed by atoms with Gasteiger partial charge in [0, 0.05) is 12.7 Å². The largest absolute Gasteiger partial charge is 0.391 e. The number of aromatic nitrogens is 1. The number of rotatable bonds is 3. The monoisotopic (exact) mass is 288 g/mol. The molecule has 114 valence electrons. The molecular formula is C16H24N4O. The molecule has 0 radical (unpaired) electrons. The van der Waals surface area contributed by atoms with Crippen LogP contribution < -0.4 is 10.6 Å². The van der Waals surface area contributed by atoms with E-state index < -0.39 is 0 Å². The van der Waals surface area contributed by atoms with Gasteiger partial charge in [-0.1, -0.05) is 12.8 Å². The van der Waals surface area contributed by atoms with Gasteiger partial charge in [0.15, 0.2) is 0 Å². The smallest absolute Gasteiger partial charge is 0.139 e. The lowest BCUT2D eigenvalue weighted by Gasteiger charge is -2.36. The van der Waals surface area contributed by atoms with E-state index in [1.807, 2.05) is 18.0 Å². The van der Waals surface area contributed by atoms with E-state index in [1.54, 1.807) is 0 Å². The minimum atomic E-state index is -0.321. The van der Waals surface area contributed by atoms with Gasteiger partial charge in [-0.15, -0.1) is 0 Å². The van der Waals surface area contributed by atoms with Crippen LogP contribution >= 0.6 is 0 Å². The first-order valence-corrected chi connectivity index (χ1v) is 7.86. The molecule has 2 aliphatic carbocycles. The number of fused-ring (bicyclic) bond motifs is 1. The van der Waals surface area contributed by atoms with Crippen molar-refractivity contribution in [2.24, 2.45) is 5.73 Å². The van der Waals surface area contributed by atoms with Crippen molar-refractivity contribution in [1.82, 2.24) is 4.98 Å². The lowest BCUT2D eigenvalue weighted by atomic mass is 9.91. The number of aliphatic hydroxyl groups excluding tert-OH is 1. The lowest BCUT2D eigenvalue weighted by Crippen LogP contribution is -2.44. The van der Waals surface area contributed by atoms with Crippen LogP contribution in [0.1, 0.15) is 48.9 Å². The predicted molar refractivity (Wildman–Crippen MR) is 83.9 cm³/mol. The summed E-state index contributed by atoms with van der Waals surface area (Å²) in [5.74, 6) is 0.818. The molecule has 0 aliphatic heterocycles. The second-order valence-electron chi connectivity index (χ2n) is 6.26. The lowest BCUT2D eigenvalue weighted by molar-refractivity contribution is 0.106. The number of nitrogens with two attached hydrogens (primary N) is 1. The zero-order chi connectivity index (χ0) is 15.0. The van der Waals surface area contributed by atoms with E-state index in [0.717, 1.165) is 56.5 Å². The molecule has 1 heterocycles. The van der Waals surface area contributed by atoms with Crippen LogP contribution in [0.3, 0.4) is 0 Å². The summed E-state index contributed by atoms with van der Waals surface area (Å²) in [5.41, 5.74) is 8.82. The van der Waals surface area contributed by atoms with Gasteiger partial charge in [-0.25, -0.2) is 4.98 Å². The van der Waals surface area contributed by atoms with Crippen molar-refractivity contribution in [2.75, 3.05) is 11.9 Å². The van der Waals surface area contributed by atoms with Gasteiger partial charge in [-0.3, -0.25) is 5.41 Å². The van der Waals surface area contributed by atoms with Crippen molar-refractivity contribution >= 4 is 11.7 Å². The maximum Gasteiger partial charge on any atom is 0.139 e. The third kappa shape index (κ3) is 2.62. The summed E-state index contributed by atoms with van der Waals surface area (Å²) in [4.78, 5) is 6.82. The second-order valence-corrected chi connectivity index (χ2v) is 6.26. The number of hydrogen-bond donors (Lipinski definition) is 3. The highest BCUT2D eigenvalue weighted by Gasteiger charge is 2.30. The summed E-state index contributed by atoms with van der Waals surface area (Å²) in [6, 6.07) is 2.10. The Balaban J connectivity index is 1.98. The van der Waals surface area contributed by atoms with Crippen LogP contribution in [0.2, 0.25) is 0 Å². The van der Waals surface area contributed by atoms with E-state index in [0.29, 0.717) is 5.56 Å². The van der Waals surface area contributed by atoms with Crippen LogP contribution in [-0.2, 0) is 12.8 Å². The Kier molecular flexibility index (Phi) is 3.85. The van der Waals surface area contributed by atoms with E-state index in [-0.39, 0.29) is 18.0 Å². The van der Waals surface area contributed by atoms with E-state index >= 15 is 0 Å². The minimum Gasteiger partial charge on any atom is -0.391 e. The molecule has 5 nitrogen and oxygen atoms in total. The molecule has 0 amide bonds. The molecule has 2 aliphatic rings. The van der Waals surface area contributed by atoms with Crippen LogP contribution in [-0.4, -0.2) is 35.1 Å². The summed E-state index contributed by atoms with van der Waals surface area (Å²) >= 11 is 0. The van der Waals surface area contributed by atoms with Crippen molar-refractivity contribution < 1.29 is 5.11 Å². The van der Waals surface area contributed by atoms with E-state index in [1.165, 1.54) is 5.56 Å². The molecule has 0 aromatic carbocycles. The fraction of sp³-hybridized carbons (Fsp3) is 0.625. The highest BCUT2D eigenvalue weighted by Crippen LogP contribution is 2.31. The standard InChI is InChI=1S/C16H24N4O/c1-20(13-7-2-3-8-14(13)21)16-11(15(17)18)9-10-5-4-6-12(10)19-16/h9,13-14,21H,2-8H2,1H3,(H3,17,18). The average Bonchev–Trinajstić information content (AvgIpc) is 2.93. The number of aryl methyl sites for hydroxylation is 2. The molecule has 0 bridgehead atoms. The Morgan fingerprint density at radius 1 is 1.33 bits per heavy atom. The van der Waals surface area contributed by atoms with Crippen LogP contribution in [0.4, 0.5) is 5.82 Å². The Morgan fingerprint density at radius 3 is 2.81 bits per heavy atom. The molecule has 2 unspecified atom stereocenters. The van der Waals surface area contributed by atoms with E-state index in [4.69, 9.17) is 16.1 Å². The highest BCUT2D eigenvalue weighted by atomic mass is 16.3. The maximum atomic E-state index is 10.3. The van der Waals surface area contributed by atoms with Gasteiger partial charge in [0.05, 0.1) is 17.7 Å². The van der Waals surface area contributed by atoms with Crippen molar-refractivity contribution in [1.29, 1.82) is 5.41 Å². The predicted octanol–water partition coefficient (Wildman–Crippen LogP) is 1.59. The van der Waals surface area contributed by atoms with Crippen LogP contribution in [0, 0.1) is 5.41 Å². The van der Waals surface area contributed by atoms with Crippen molar-refractivity contribution in [2.45, 2.75) is 57.1 Å². The third-order valence-corrected chi connectivity index (χ3v) is 4.85. The molecule has 2 atom stereocenters. The molecule has 0 spiro atoms. The molecule has 21 heavy (non-hydrogen) atoms. The number of nitrogens with zero attached hydrogens (tertiary/aromatic N) is 2. The molecule has 5 heteroatoms. The van der Waals surface area contributed by atoms with Gasteiger partial charge in [0.25, 0.3) is 0 Å². The van der Waals surface area contributed by atoms with Gasteiger partial charge in [0.2, 0.25) is 0 Å². The normalized spacial score (nSPS) is 24.7. The number of likely N-dealkylation sites (N-methyl/N-ethyl adjacent to an activating group) is 1. The van der Waals surface area contributed by atoms with Crippen LogP contribution in [0.15, 0.2) is 6.07 Å². The quantitative estimate of drug-likeness (QED) is 0.582. The summed E-state index contributed by atoms with van der Waals surface area (Å²) < 4.78 is 0. The first kappa shape index (κ1) is 14.3. The van der Waals surface area contributed by atoms with Gasteiger partial charge in [-0.05, 0) is 43.7 Å². The number of nitrogens with one attached hydrogen (secondary N) is 1. The minimum absolute atomic E-state index is 0.0596. The van der Waals surface area contributed by atoms with Crippen molar-refractivity contribution in [3.63, 3.8) is 0 Å². The van der Waals surface area contributed by atoms with E-state index in [2.05, 4.69) is 0 Å². The zero-order valence-corrected chi connectivity index (χ0v) is 12.6. The number of amidine groups is 1. The maximum absolute atomic E-state index is 10.3. The average molecular weight is 288 g/mol. The molecule has 0 saturated heterocycles. The third-order valence-electron chi connectivity index (χ3n) is 4.85. The topological polar surface area (TPSA) is 86.2 Å². The van der Waals surface area contributed by atoms with Gasteiger partial charge in [0.1, 0.15) is 11.7 Å². The fourth-order valence-corrected chi connectivity index (χ4v) is 3.63. The van der Waals surface area contributed by atoms with Crippen LogP contribution in [0.5, 0.6) is 0 Å². The Hall–Kier alpha value is -1.62. The number of hydrogen-bond acceptors (Lipinski definition) is 4. The summed E-state index contributed by atoms with van der Waals surface area (Å²) in [6.07, 6.45) is 6.86. The molecular weight excluding hydrogens is 264 g/mol. The van der Waals surface area contributed by atoms with Crippen LogP contribution in [0.25, 0.3) is 0 Å². The second kappa shape index (κ2) is 5.64. The fourth-order valence-electron chi connectivity index (χ4n) is 3.63. The molecule has 4 N–H and O–H groups in total. The van der Waals surface area contributed by atoms with Gasteiger partial charge < -0.3 is 15.7 Å². The molecule has 1 aromatic heterocycles. The zero-order valence-electron chi connectivity index (χ0n) is 12.6. The molecule has 3 rings (SSSR count). The Labute approximate surface area is 125 Å². The van der Waals surface area contributed by atoms with Crippen molar-refractivity contribution in [3.8, 4) is 0 Å². The SMILES string of the molecule is CN(c1nc2c(cc1C(=N)N)CCC2)C1CCCCC1O.